The van der Waals surface area contributed by atoms with Crippen LogP contribution in [0.4, 0.5) is 5.69 Å². The number of hydrogen-bond donors (Lipinski definition) is 1. The molecule has 0 spiro atoms. The van der Waals surface area contributed by atoms with Crippen molar-refractivity contribution in [2.24, 2.45) is 0 Å². The highest BCUT2D eigenvalue weighted by Crippen LogP contribution is 2.31. The van der Waals surface area contributed by atoms with Gasteiger partial charge in [0, 0.05) is 18.1 Å². The predicted molar refractivity (Wildman–Crippen MR) is 101 cm³/mol. The topological polar surface area (TPSA) is 60.5 Å². The lowest BCUT2D eigenvalue weighted by molar-refractivity contribution is 0.102. The second-order valence-corrected chi connectivity index (χ2v) is 5.72. The Labute approximate surface area is 152 Å². The van der Waals surface area contributed by atoms with Crippen LogP contribution in [0.2, 0.25) is 0 Å². The van der Waals surface area contributed by atoms with Gasteiger partial charge in [-0.25, -0.2) is 0 Å². The summed E-state index contributed by atoms with van der Waals surface area (Å²) >= 11 is 0. The Morgan fingerprint density at radius 1 is 0.923 bits per heavy atom. The van der Waals surface area contributed by atoms with Crippen molar-refractivity contribution < 1.29 is 14.3 Å². The number of methoxy groups -OCH3 is 2. The van der Waals surface area contributed by atoms with E-state index in [9.17, 15) is 4.79 Å². The Kier molecular flexibility index (Phi) is 5.49. The molecule has 0 fully saturated rings. The molecule has 0 bridgehead atoms. The fourth-order valence-corrected chi connectivity index (χ4v) is 2.71. The number of nitrogens with one attached hydrogen (secondary N) is 1. The van der Waals surface area contributed by atoms with Crippen molar-refractivity contribution in [2.45, 2.75) is 6.42 Å². The quantitative estimate of drug-likeness (QED) is 0.733. The van der Waals surface area contributed by atoms with Crippen LogP contribution in [0, 0.1) is 0 Å². The lowest BCUT2D eigenvalue weighted by atomic mass is 10.1. The first-order valence-corrected chi connectivity index (χ1v) is 8.21. The van der Waals surface area contributed by atoms with Gasteiger partial charge in [-0.15, -0.1) is 0 Å². The van der Waals surface area contributed by atoms with Crippen LogP contribution in [-0.2, 0) is 6.42 Å². The lowest BCUT2D eigenvalue weighted by Crippen LogP contribution is -2.13. The molecule has 0 saturated heterocycles. The number of aromatic nitrogens is 1. The third kappa shape index (κ3) is 4.00. The van der Waals surface area contributed by atoms with E-state index < -0.39 is 0 Å². The van der Waals surface area contributed by atoms with E-state index in [4.69, 9.17) is 9.47 Å². The molecule has 26 heavy (non-hydrogen) atoms. The second kappa shape index (κ2) is 8.16. The molecule has 0 atom stereocenters. The van der Waals surface area contributed by atoms with Gasteiger partial charge in [0.25, 0.3) is 5.91 Å². The summed E-state index contributed by atoms with van der Waals surface area (Å²) in [4.78, 5) is 16.6. The van der Waals surface area contributed by atoms with Crippen molar-refractivity contribution >= 4 is 11.6 Å². The first-order chi connectivity index (χ1) is 12.7. The minimum atomic E-state index is -0.248. The zero-order valence-corrected chi connectivity index (χ0v) is 14.7. The Balaban J connectivity index is 1.72. The number of anilines is 1. The van der Waals surface area contributed by atoms with E-state index in [-0.39, 0.29) is 5.91 Å². The van der Waals surface area contributed by atoms with Crippen molar-refractivity contribution in [1.29, 1.82) is 0 Å². The fourth-order valence-electron chi connectivity index (χ4n) is 2.71. The predicted octanol–water partition coefficient (Wildman–Crippen LogP) is 3.94. The molecule has 3 rings (SSSR count). The SMILES string of the molecule is COc1cccc(C(=O)Nc2ccc(Cc3ccncc3)cc2)c1OC. The Bertz CT molecular complexity index is 878. The molecular formula is C21H20N2O3. The average molecular weight is 348 g/mol. The van der Waals surface area contributed by atoms with Crippen molar-refractivity contribution in [3.63, 3.8) is 0 Å². The van der Waals surface area contributed by atoms with Gasteiger partial charge >= 0.3 is 0 Å². The van der Waals surface area contributed by atoms with Gasteiger partial charge in [-0.2, -0.15) is 0 Å². The molecule has 2 aromatic carbocycles. The molecule has 0 unspecified atom stereocenters. The number of hydrogen-bond acceptors (Lipinski definition) is 4. The summed E-state index contributed by atoms with van der Waals surface area (Å²) in [5.41, 5.74) is 3.50. The minimum Gasteiger partial charge on any atom is -0.493 e. The molecule has 5 heteroatoms. The smallest absolute Gasteiger partial charge is 0.259 e. The van der Waals surface area contributed by atoms with Gasteiger partial charge < -0.3 is 14.8 Å². The molecule has 1 amide bonds. The normalized spacial score (nSPS) is 10.2. The number of rotatable bonds is 6. The highest BCUT2D eigenvalue weighted by atomic mass is 16.5. The Morgan fingerprint density at radius 2 is 1.62 bits per heavy atom. The van der Waals surface area contributed by atoms with E-state index in [1.54, 1.807) is 37.7 Å². The zero-order chi connectivity index (χ0) is 18.4. The minimum absolute atomic E-state index is 0.248. The van der Waals surface area contributed by atoms with Gasteiger partial charge in [-0.3, -0.25) is 9.78 Å². The summed E-state index contributed by atoms with van der Waals surface area (Å²) in [6, 6.07) is 17.0. The maximum absolute atomic E-state index is 12.6. The van der Waals surface area contributed by atoms with Crippen LogP contribution in [-0.4, -0.2) is 25.1 Å². The van der Waals surface area contributed by atoms with E-state index in [2.05, 4.69) is 10.3 Å². The number of para-hydroxylation sites is 1. The van der Waals surface area contributed by atoms with E-state index in [1.165, 1.54) is 12.7 Å². The maximum atomic E-state index is 12.6. The number of carbonyl (C=O) groups is 1. The Morgan fingerprint density at radius 3 is 2.27 bits per heavy atom. The molecule has 0 aliphatic rings. The number of pyridine rings is 1. The molecule has 0 radical (unpaired) electrons. The molecule has 3 aromatic rings. The van der Waals surface area contributed by atoms with Crippen molar-refractivity contribution in [3.05, 3.63) is 83.7 Å². The molecular weight excluding hydrogens is 328 g/mol. The third-order valence-corrected chi connectivity index (χ3v) is 4.02. The molecule has 5 nitrogen and oxygen atoms in total. The van der Waals surface area contributed by atoms with Crippen LogP contribution in [0.25, 0.3) is 0 Å². The van der Waals surface area contributed by atoms with E-state index >= 15 is 0 Å². The van der Waals surface area contributed by atoms with Crippen molar-refractivity contribution in [2.75, 3.05) is 19.5 Å². The molecule has 1 aromatic heterocycles. The second-order valence-electron chi connectivity index (χ2n) is 5.72. The molecule has 1 heterocycles. The van der Waals surface area contributed by atoms with Crippen LogP contribution in [0.3, 0.4) is 0 Å². The van der Waals surface area contributed by atoms with Crippen LogP contribution < -0.4 is 14.8 Å². The highest BCUT2D eigenvalue weighted by molar-refractivity contribution is 6.06. The Hall–Kier alpha value is -3.34. The van der Waals surface area contributed by atoms with Crippen molar-refractivity contribution in [1.82, 2.24) is 4.98 Å². The van der Waals surface area contributed by atoms with Gasteiger partial charge in [0.2, 0.25) is 0 Å². The van der Waals surface area contributed by atoms with Crippen LogP contribution in [0.5, 0.6) is 11.5 Å². The molecule has 0 aliphatic heterocycles. The maximum Gasteiger partial charge on any atom is 0.259 e. The van der Waals surface area contributed by atoms with E-state index in [0.717, 1.165) is 17.7 Å². The van der Waals surface area contributed by atoms with Gasteiger partial charge in [0.05, 0.1) is 19.8 Å². The lowest BCUT2D eigenvalue weighted by Gasteiger charge is -2.12. The number of ether oxygens (including phenoxy) is 2. The summed E-state index contributed by atoms with van der Waals surface area (Å²) < 4.78 is 10.6. The summed E-state index contributed by atoms with van der Waals surface area (Å²) in [7, 11) is 3.06. The van der Waals surface area contributed by atoms with Crippen LogP contribution in [0.15, 0.2) is 67.0 Å². The summed E-state index contributed by atoms with van der Waals surface area (Å²) in [6.45, 7) is 0. The zero-order valence-electron chi connectivity index (χ0n) is 14.7. The number of amides is 1. The third-order valence-electron chi connectivity index (χ3n) is 4.02. The number of carbonyl (C=O) groups excluding carboxylic acids is 1. The fraction of sp³-hybridized carbons (Fsp3) is 0.143. The number of benzene rings is 2. The summed E-state index contributed by atoms with van der Waals surface area (Å²) in [6.07, 6.45) is 4.39. The molecule has 0 saturated carbocycles. The standard InChI is InChI=1S/C21H20N2O3/c1-25-19-5-3-4-18(20(19)26-2)21(24)23-17-8-6-15(7-9-17)14-16-10-12-22-13-11-16/h3-13H,14H2,1-2H3,(H,23,24). The average Bonchev–Trinajstić information content (AvgIpc) is 2.69. The van der Waals surface area contributed by atoms with Gasteiger partial charge in [-0.05, 0) is 53.9 Å². The monoisotopic (exact) mass is 348 g/mol. The van der Waals surface area contributed by atoms with E-state index in [1.807, 2.05) is 36.4 Å². The van der Waals surface area contributed by atoms with E-state index in [0.29, 0.717) is 17.1 Å². The molecule has 0 aliphatic carbocycles. The van der Waals surface area contributed by atoms with Crippen LogP contribution >= 0.6 is 0 Å². The highest BCUT2D eigenvalue weighted by Gasteiger charge is 2.16. The largest absolute Gasteiger partial charge is 0.493 e. The van der Waals surface area contributed by atoms with Gasteiger partial charge in [0.15, 0.2) is 11.5 Å². The van der Waals surface area contributed by atoms with Gasteiger partial charge in [-0.1, -0.05) is 18.2 Å². The first-order valence-electron chi connectivity index (χ1n) is 8.21. The van der Waals surface area contributed by atoms with Gasteiger partial charge in [0.1, 0.15) is 0 Å². The molecule has 1 N–H and O–H groups in total. The van der Waals surface area contributed by atoms with Crippen LogP contribution in [0.1, 0.15) is 21.5 Å². The van der Waals surface area contributed by atoms with Crippen molar-refractivity contribution in [3.8, 4) is 11.5 Å². The number of nitrogens with zero attached hydrogens (tertiary/aromatic N) is 1. The first kappa shape index (κ1) is 17.5. The molecule has 132 valence electrons. The summed E-state index contributed by atoms with van der Waals surface area (Å²) in [5, 5.41) is 2.89. The summed E-state index contributed by atoms with van der Waals surface area (Å²) in [5.74, 6) is 0.692.